The zero-order valence-electron chi connectivity index (χ0n) is 9.08. The van der Waals surface area contributed by atoms with Gasteiger partial charge in [-0.05, 0) is 25.5 Å². The summed E-state index contributed by atoms with van der Waals surface area (Å²) in [6.07, 6.45) is 0.783. The van der Waals surface area contributed by atoms with E-state index in [0.717, 1.165) is 18.7 Å². The van der Waals surface area contributed by atoms with Gasteiger partial charge in [-0.1, -0.05) is 23.2 Å². The molecule has 1 fully saturated rings. The van der Waals surface area contributed by atoms with Crippen LogP contribution >= 0.6 is 23.2 Å². The van der Waals surface area contributed by atoms with Crippen molar-refractivity contribution in [2.75, 3.05) is 13.1 Å². The van der Waals surface area contributed by atoms with E-state index in [-0.39, 0.29) is 0 Å². The van der Waals surface area contributed by atoms with Crippen molar-refractivity contribution < 1.29 is 5.11 Å². The third-order valence-electron chi connectivity index (χ3n) is 2.79. The molecule has 3 nitrogen and oxygen atoms in total. The molecule has 0 aliphatic carbocycles. The third-order valence-corrected chi connectivity index (χ3v) is 3.34. The van der Waals surface area contributed by atoms with Crippen molar-refractivity contribution in [3.63, 3.8) is 0 Å². The van der Waals surface area contributed by atoms with E-state index in [4.69, 9.17) is 23.2 Å². The van der Waals surface area contributed by atoms with Crippen LogP contribution in [0.5, 0.6) is 0 Å². The predicted molar refractivity (Wildman–Crippen MR) is 64.8 cm³/mol. The highest BCUT2D eigenvalue weighted by Crippen LogP contribution is 2.24. The Kier molecular flexibility index (Phi) is 3.40. The first-order chi connectivity index (χ1) is 7.46. The van der Waals surface area contributed by atoms with Crippen LogP contribution in [0, 0.1) is 0 Å². The van der Waals surface area contributed by atoms with Gasteiger partial charge in [0.1, 0.15) is 5.15 Å². The summed E-state index contributed by atoms with van der Waals surface area (Å²) in [6, 6.07) is 3.42. The van der Waals surface area contributed by atoms with Gasteiger partial charge in [0.05, 0.1) is 16.3 Å². The molecule has 1 N–H and O–H groups in total. The van der Waals surface area contributed by atoms with Crippen molar-refractivity contribution in [1.29, 1.82) is 0 Å². The largest absolute Gasteiger partial charge is 0.389 e. The molecule has 0 aromatic carbocycles. The molecule has 0 radical (unpaired) electrons. The number of aromatic nitrogens is 1. The van der Waals surface area contributed by atoms with Gasteiger partial charge < -0.3 is 5.11 Å². The minimum atomic E-state index is -0.592. The average Bonchev–Trinajstić information content (AvgIpc) is 2.52. The molecule has 0 spiro atoms. The fraction of sp³-hybridized carbons (Fsp3) is 0.545. The second-order valence-electron chi connectivity index (χ2n) is 4.52. The topological polar surface area (TPSA) is 36.4 Å². The van der Waals surface area contributed by atoms with Crippen LogP contribution in [0.2, 0.25) is 10.2 Å². The van der Waals surface area contributed by atoms with Crippen molar-refractivity contribution in [1.82, 2.24) is 9.88 Å². The van der Waals surface area contributed by atoms with Crippen molar-refractivity contribution in [2.24, 2.45) is 0 Å². The van der Waals surface area contributed by atoms with E-state index in [0.29, 0.717) is 23.3 Å². The standard InChI is InChI=1S/C11H14Cl2N2O/c1-11(16)4-5-15(7-11)6-9-8(12)2-3-10(13)14-9/h2-3,16H,4-7H2,1H3. The minimum absolute atomic E-state index is 0.449. The van der Waals surface area contributed by atoms with Crippen LogP contribution < -0.4 is 0 Å². The SMILES string of the molecule is CC1(O)CCN(Cc2nc(Cl)ccc2Cl)C1. The lowest BCUT2D eigenvalue weighted by molar-refractivity contribution is 0.0677. The van der Waals surface area contributed by atoms with Gasteiger partial charge in [-0.25, -0.2) is 4.98 Å². The van der Waals surface area contributed by atoms with E-state index >= 15 is 0 Å². The summed E-state index contributed by atoms with van der Waals surface area (Å²) in [5, 5.41) is 10.9. The molecule has 0 amide bonds. The van der Waals surface area contributed by atoms with Crippen LogP contribution in [0.15, 0.2) is 12.1 Å². The van der Waals surface area contributed by atoms with Crippen LogP contribution in [-0.4, -0.2) is 33.7 Å². The van der Waals surface area contributed by atoms with Crippen LogP contribution in [0.1, 0.15) is 19.0 Å². The van der Waals surface area contributed by atoms with Gasteiger partial charge in [-0.3, -0.25) is 4.90 Å². The maximum Gasteiger partial charge on any atom is 0.129 e. The lowest BCUT2D eigenvalue weighted by Gasteiger charge is -2.18. The Morgan fingerprint density at radius 3 is 2.88 bits per heavy atom. The normalized spacial score (nSPS) is 26.2. The van der Waals surface area contributed by atoms with Crippen molar-refractivity contribution in [3.8, 4) is 0 Å². The number of pyridine rings is 1. The number of likely N-dealkylation sites (tertiary alicyclic amines) is 1. The molecule has 1 aliphatic rings. The Morgan fingerprint density at radius 1 is 1.50 bits per heavy atom. The van der Waals surface area contributed by atoms with Crippen molar-refractivity contribution >= 4 is 23.2 Å². The van der Waals surface area contributed by atoms with E-state index in [1.807, 2.05) is 6.92 Å². The van der Waals surface area contributed by atoms with Crippen LogP contribution in [0.4, 0.5) is 0 Å². The molecule has 2 heterocycles. The Labute approximate surface area is 105 Å². The summed E-state index contributed by atoms with van der Waals surface area (Å²) in [6.45, 7) is 3.99. The number of β-amino-alcohol motifs (C(OH)–C–C–N with tert-alkyl or cyclic N) is 1. The minimum Gasteiger partial charge on any atom is -0.389 e. The van der Waals surface area contributed by atoms with Gasteiger partial charge in [0.15, 0.2) is 0 Å². The number of aliphatic hydroxyl groups is 1. The number of nitrogens with zero attached hydrogens (tertiary/aromatic N) is 2. The first-order valence-corrected chi connectivity index (χ1v) is 5.97. The second kappa shape index (κ2) is 4.49. The van der Waals surface area contributed by atoms with E-state index in [9.17, 15) is 5.11 Å². The molecule has 1 aliphatic heterocycles. The number of halogens is 2. The highest BCUT2D eigenvalue weighted by atomic mass is 35.5. The maximum absolute atomic E-state index is 9.85. The summed E-state index contributed by atoms with van der Waals surface area (Å²) in [4.78, 5) is 6.32. The molecular weight excluding hydrogens is 247 g/mol. The summed E-state index contributed by atoms with van der Waals surface area (Å²) in [5.74, 6) is 0. The molecule has 88 valence electrons. The Bertz CT molecular complexity index is 396. The van der Waals surface area contributed by atoms with Crippen molar-refractivity contribution in [2.45, 2.75) is 25.5 Å². The van der Waals surface area contributed by atoms with E-state index < -0.39 is 5.60 Å². The molecule has 1 atom stereocenters. The van der Waals surface area contributed by atoms with Crippen molar-refractivity contribution in [3.05, 3.63) is 28.0 Å². The third kappa shape index (κ3) is 2.86. The van der Waals surface area contributed by atoms with Gasteiger partial charge >= 0.3 is 0 Å². The van der Waals surface area contributed by atoms with E-state index in [1.165, 1.54) is 0 Å². The molecule has 1 unspecified atom stereocenters. The number of hydrogen-bond acceptors (Lipinski definition) is 3. The number of hydrogen-bond donors (Lipinski definition) is 1. The molecule has 0 bridgehead atoms. The summed E-state index contributed by atoms with van der Waals surface area (Å²) < 4.78 is 0. The maximum atomic E-state index is 9.85. The zero-order chi connectivity index (χ0) is 11.8. The highest BCUT2D eigenvalue weighted by molar-refractivity contribution is 6.32. The van der Waals surface area contributed by atoms with Gasteiger partial charge in [-0.15, -0.1) is 0 Å². The lowest BCUT2D eigenvalue weighted by Crippen LogP contribution is -2.29. The predicted octanol–water partition coefficient (Wildman–Crippen LogP) is 2.35. The molecule has 5 heteroatoms. The average molecular weight is 261 g/mol. The summed E-state index contributed by atoms with van der Waals surface area (Å²) in [5.41, 5.74) is 0.178. The van der Waals surface area contributed by atoms with Crippen LogP contribution in [0.25, 0.3) is 0 Å². The fourth-order valence-electron chi connectivity index (χ4n) is 1.95. The quantitative estimate of drug-likeness (QED) is 0.830. The molecule has 2 rings (SSSR count). The van der Waals surface area contributed by atoms with Crippen LogP contribution in [0.3, 0.4) is 0 Å². The molecule has 1 saturated heterocycles. The molecule has 1 aromatic heterocycles. The Morgan fingerprint density at radius 2 is 2.25 bits per heavy atom. The first kappa shape index (κ1) is 12.1. The van der Waals surface area contributed by atoms with E-state index in [2.05, 4.69) is 9.88 Å². The Hall–Kier alpha value is -0.350. The van der Waals surface area contributed by atoms with Gasteiger partial charge in [0, 0.05) is 19.6 Å². The smallest absolute Gasteiger partial charge is 0.129 e. The lowest BCUT2D eigenvalue weighted by atomic mass is 10.1. The second-order valence-corrected chi connectivity index (χ2v) is 5.31. The van der Waals surface area contributed by atoms with Gasteiger partial charge in [-0.2, -0.15) is 0 Å². The molecule has 16 heavy (non-hydrogen) atoms. The summed E-state index contributed by atoms with van der Waals surface area (Å²) >= 11 is 11.9. The van der Waals surface area contributed by atoms with Gasteiger partial charge in [0.2, 0.25) is 0 Å². The fourth-order valence-corrected chi connectivity index (χ4v) is 2.28. The van der Waals surface area contributed by atoms with Gasteiger partial charge in [0.25, 0.3) is 0 Å². The monoisotopic (exact) mass is 260 g/mol. The van der Waals surface area contributed by atoms with E-state index in [1.54, 1.807) is 12.1 Å². The molecular formula is C11H14Cl2N2O. The zero-order valence-corrected chi connectivity index (χ0v) is 10.6. The highest BCUT2D eigenvalue weighted by Gasteiger charge is 2.31. The Balaban J connectivity index is 2.07. The first-order valence-electron chi connectivity index (χ1n) is 5.22. The van der Waals surface area contributed by atoms with Crippen LogP contribution in [-0.2, 0) is 6.54 Å². The summed E-state index contributed by atoms with van der Waals surface area (Å²) in [7, 11) is 0. The molecule has 0 saturated carbocycles. The molecule has 1 aromatic rings. The number of rotatable bonds is 2.